The topological polar surface area (TPSA) is 75.7 Å². The van der Waals surface area contributed by atoms with E-state index >= 15 is 0 Å². The summed E-state index contributed by atoms with van der Waals surface area (Å²) >= 11 is 0. The van der Waals surface area contributed by atoms with E-state index in [0.717, 1.165) is 4.31 Å². The van der Waals surface area contributed by atoms with Crippen LogP contribution in [0.25, 0.3) is 0 Å². The van der Waals surface area contributed by atoms with Gasteiger partial charge in [-0.3, -0.25) is 0 Å². The first-order valence-electron chi connectivity index (χ1n) is 5.25. The Morgan fingerprint density at radius 2 is 2.06 bits per heavy atom. The van der Waals surface area contributed by atoms with E-state index in [1.165, 1.54) is 0 Å². The monoisotopic (exact) mass is 268 g/mol. The molecule has 1 saturated heterocycles. The molecule has 0 aromatic carbocycles. The zero-order valence-corrected chi connectivity index (χ0v) is 10.9. The highest BCUT2D eigenvalue weighted by Gasteiger charge is 2.33. The SMILES string of the molecule is CC(C)(C)OC(=O)NS(=O)(=O)N1CCC(F)C1. The van der Waals surface area contributed by atoms with Crippen LogP contribution in [-0.4, -0.2) is 43.7 Å². The molecule has 0 radical (unpaired) electrons. The van der Waals surface area contributed by atoms with Crippen molar-refractivity contribution in [1.82, 2.24) is 9.03 Å². The maximum absolute atomic E-state index is 12.9. The van der Waals surface area contributed by atoms with Crippen molar-refractivity contribution in [2.45, 2.75) is 39.0 Å². The average molecular weight is 268 g/mol. The molecule has 1 fully saturated rings. The molecule has 1 atom stereocenters. The summed E-state index contributed by atoms with van der Waals surface area (Å²) in [5.41, 5.74) is -0.784. The van der Waals surface area contributed by atoms with Crippen LogP contribution in [0.4, 0.5) is 9.18 Å². The van der Waals surface area contributed by atoms with Crippen molar-refractivity contribution < 1.29 is 22.3 Å². The van der Waals surface area contributed by atoms with Gasteiger partial charge < -0.3 is 4.74 Å². The van der Waals surface area contributed by atoms with Crippen molar-refractivity contribution in [2.24, 2.45) is 0 Å². The third kappa shape index (κ3) is 4.47. The van der Waals surface area contributed by atoms with Crippen LogP contribution >= 0.6 is 0 Å². The number of hydrogen-bond acceptors (Lipinski definition) is 4. The molecule has 1 rings (SSSR count). The third-order valence-electron chi connectivity index (χ3n) is 2.04. The van der Waals surface area contributed by atoms with Gasteiger partial charge in [-0.2, -0.15) is 12.7 Å². The number of rotatable bonds is 2. The summed E-state index contributed by atoms with van der Waals surface area (Å²) in [5, 5.41) is 0. The van der Waals surface area contributed by atoms with Gasteiger partial charge in [-0.05, 0) is 27.2 Å². The Bertz CT molecular complexity index is 390. The van der Waals surface area contributed by atoms with Gasteiger partial charge in [0, 0.05) is 13.1 Å². The van der Waals surface area contributed by atoms with E-state index in [2.05, 4.69) is 0 Å². The summed E-state index contributed by atoms with van der Waals surface area (Å²) in [6.07, 6.45) is -2.08. The Morgan fingerprint density at radius 1 is 1.47 bits per heavy atom. The molecule has 1 heterocycles. The minimum atomic E-state index is -4.00. The van der Waals surface area contributed by atoms with Crippen molar-refractivity contribution >= 4 is 16.3 Å². The summed E-state index contributed by atoms with van der Waals surface area (Å²) in [7, 11) is -4.00. The number of nitrogens with one attached hydrogen (secondary N) is 1. The first kappa shape index (κ1) is 14.2. The van der Waals surface area contributed by atoms with Crippen LogP contribution in [0, 0.1) is 0 Å². The molecule has 100 valence electrons. The largest absolute Gasteiger partial charge is 0.443 e. The van der Waals surface area contributed by atoms with Gasteiger partial charge in [0.25, 0.3) is 0 Å². The average Bonchev–Trinajstić information content (AvgIpc) is 2.46. The van der Waals surface area contributed by atoms with Crippen LogP contribution in [0.5, 0.6) is 0 Å². The van der Waals surface area contributed by atoms with E-state index in [9.17, 15) is 17.6 Å². The van der Waals surface area contributed by atoms with Gasteiger partial charge in [0.15, 0.2) is 0 Å². The lowest BCUT2D eigenvalue weighted by Gasteiger charge is -2.21. The summed E-state index contributed by atoms with van der Waals surface area (Å²) in [4.78, 5) is 11.3. The number of carbonyl (C=O) groups excluding carboxylic acids is 1. The van der Waals surface area contributed by atoms with E-state index in [4.69, 9.17) is 4.74 Å². The van der Waals surface area contributed by atoms with E-state index < -0.39 is 28.1 Å². The number of amides is 1. The molecular formula is C9H17FN2O4S. The van der Waals surface area contributed by atoms with Gasteiger partial charge in [-0.25, -0.2) is 13.9 Å². The zero-order valence-electron chi connectivity index (χ0n) is 10.1. The molecule has 1 N–H and O–H groups in total. The molecule has 0 aromatic rings. The highest BCUT2D eigenvalue weighted by atomic mass is 32.2. The van der Waals surface area contributed by atoms with Gasteiger partial charge in [0.05, 0.1) is 0 Å². The second-order valence-electron chi connectivity index (χ2n) is 4.85. The van der Waals surface area contributed by atoms with E-state index in [1.54, 1.807) is 25.5 Å². The molecule has 1 aliphatic rings. The lowest BCUT2D eigenvalue weighted by atomic mass is 10.2. The summed E-state index contributed by atoms with van der Waals surface area (Å²) < 4.78 is 43.6. The van der Waals surface area contributed by atoms with Crippen LogP contribution in [0.1, 0.15) is 27.2 Å². The lowest BCUT2D eigenvalue weighted by Crippen LogP contribution is -2.44. The maximum Gasteiger partial charge on any atom is 0.422 e. The molecule has 0 aliphatic carbocycles. The molecule has 0 aromatic heterocycles. The van der Waals surface area contributed by atoms with Crippen molar-refractivity contribution in [1.29, 1.82) is 0 Å². The fourth-order valence-electron chi connectivity index (χ4n) is 1.37. The third-order valence-corrected chi connectivity index (χ3v) is 3.48. The van der Waals surface area contributed by atoms with Gasteiger partial charge in [0.2, 0.25) is 0 Å². The highest BCUT2D eigenvalue weighted by molar-refractivity contribution is 7.87. The Balaban J connectivity index is 2.58. The number of alkyl halides is 1. The molecule has 0 saturated carbocycles. The van der Waals surface area contributed by atoms with Crippen LogP contribution in [0.15, 0.2) is 0 Å². The standard InChI is InChI=1S/C9H17FN2O4S/c1-9(2,3)16-8(13)11-17(14,15)12-5-4-7(10)6-12/h7H,4-6H2,1-3H3,(H,11,13). The van der Waals surface area contributed by atoms with Gasteiger partial charge in [-0.15, -0.1) is 0 Å². The first-order valence-corrected chi connectivity index (χ1v) is 6.69. The van der Waals surface area contributed by atoms with Crippen molar-refractivity contribution in [3.8, 4) is 0 Å². The second-order valence-corrected chi connectivity index (χ2v) is 6.52. The second kappa shape index (κ2) is 4.77. The predicted octanol–water partition coefficient (Wildman–Crippen LogP) is 0.800. The smallest absolute Gasteiger partial charge is 0.422 e. The summed E-state index contributed by atoms with van der Waals surface area (Å²) in [6.45, 7) is 4.70. The number of halogens is 1. The molecule has 1 unspecified atom stereocenters. The number of carbonyl (C=O) groups is 1. The maximum atomic E-state index is 12.9. The first-order chi connectivity index (χ1) is 7.60. The fourth-order valence-corrected chi connectivity index (χ4v) is 2.46. The Hall–Kier alpha value is -0.890. The minimum absolute atomic E-state index is 0.0687. The van der Waals surface area contributed by atoms with Gasteiger partial charge in [0.1, 0.15) is 11.8 Å². The Kier molecular flexibility index (Phi) is 3.98. The Morgan fingerprint density at radius 3 is 2.47 bits per heavy atom. The van der Waals surface area contributed by atoms with Gasteiger partial charge >= 0.3 is 16.3 Å². The quantitative estimate of drug-likeness (QED) is 0.803. The summed E-state index contributed by atoms with van der Waals surface area (Å²) in [5.74, 6) is 0. The van der Waals surface area contributed by atoms with Crippen LogP contribution < -0.4 is 4.72 Å². The number of hydrogen-bond donors (Lipinski definition) is 1. The van der Waals surface area contributed by atoms with Gasteiger partial charge in [-0.1, -0.05) is 0 Å². The molecule has 6 nitrogen and oxygen atoms in total. The molecule has 1 amide bonds. The molecule has 1 aliphatic heterocycles. The Labute approximate surface area is 100 Å². The number of nitrogens with zero attached hydrogens (tertiary/aromatic N) is 1. The molecule has 8 heteroatoms. The predicted molar refractivity (Wildman–Crippen MR) is 59.4 cm³/mol. The minimum Gasteiger partial charge on any atom is -0.443 e. The lowest BCUT2D eigenvalue weighted by molar-refractivity contribution is 0.0567. The molecule has 0 spiro atoms. The van der Waals surface area contributed by atoms with Crippen molar-refractivity contribution in [3.63, 3.8) is 0 Å². The summed E-state index contributed by atoms with van der Waals surface area (Å²) in [6, 6.07) is 0. The van der Waals surface area contributed by atoms with Crippen LogP contribution in [0.2, 0.25) is 0 Å². The highest BCUT2D eigenvalue weighted by Crippen LogP contribution is 2.15. The molecule has 17 heavy (non-hydrogen) atoms. The van der Waals surface area contributed by atoms with Crippen LogP contribution in [0.3, 0.4) is 0 Å². The zero-order chi connectivity index (χ0) is 13.3. The van der Waals surface area contributed by atoms with E-state index in [0.29, 0.717) is 0 Å². The van der Waals surface area contributed by atoms with E-state index in [-0.39, 0.29) is 19.5 Å². The molecule has 0 bridgehead atoms. The fraction of sp³-hybridized carbons (Fsp3) is 0.889. The van der Waals surface area contributed by atoms with E-state index in [1.807, 2.05) is 0 Å². The van der Waals surface area contributed by atoms with Crippen LogP contribution in [-0.2, 0) is 14.9 Å². The normalized spacial score (nSPS) is 22.5. The number of ether oxygens (including phenoxy) is 1. The molecular weight excluding hydrogens is 251 g/mol. The van der Waals surface area contributed by atoms with Crippen molar-refractivity contribution in [3.05, 3.63) is 0 Å². The van der Waals surface area contributed by atoms with Crippen molar-refractivity contribution in [2.75, 3.05) is 13.1 Å².